The molecule has 2 rings (SSSR count). The fraction of sp³-hybridized carbons (Fsp3) is 0.529. The van der Waals surface area contributed by atoms with Crippen molar-refractivity contribution in [2.45, 2.75) is 44.7 Å². The summed E-state index contributed by atoms with van der Waals surface area (Å²) < 4.78 is 0. The van der Waals surface area contributed by atoms with Crippen LogP contribution in [0.2, 0.25) is 5.02 Å². The zero-order valence-electron chi connectivity index (χ0n) is 13.5. The third kappa shape index (κ3) is 4.61. The van der Waals surface area contributed by atoms with Crippen molar-refractivity contribution in [3.05, 3.63) is 34.9 Å². The molecule has 6 heteroatoms. The van der Waals surface area contributed by atoms with E-state index in [9.17, 15) is 9.59 Å². The zero-order valence-corrected chi connectivity index (χ0v) is 14.2. The Kier molecular flexibility index (Phi) is 5.88. The third-order valence-corrected chi connectivity index (χ3v) is 4.91. The van der Waals surface area contributed by atoms with Crippen molar-refractivity contribution in [1.82, 2.24) is 10.2 Å². The molecule has 0 heterocycles. The molecule has 0 saturated heterocycles. The fourth-order valence-corrected chi connectivity index (χ4v) is 3.03. The summed E-state index contributed by atoms with van der Waals surface area (Å²) in [7, 11) is 1.76. The van der Waals surface area contributed by atoms with Gasteiger partial charge in [0.25, 0.3) is 0 Å². The van der Waals surface area contributed by atoms with E-state index in [1.807, 2.05) is 31.2 Å². The number of halogens is 1. The summed E-state index contributed by atoms with van der Waals surface area (Å²) in [6.07, 6.45) is 2.67. The highest BCUT2D eigenvalue weighted by atomic mass is 35.5. The summed E-state index contributed by atoms with van der Waals surface area (Å²) in [5, 5.41) is 12.7. The maximum Gasteiger partial charge on any atom is 0.317 e. The number of benzene rings is 1. The van der Waals surface area contributed by atoms with Gasteiger partial charge in [-0.05, 0) is 50.3 Å². The van der Waals surface area contributed by atoms with E-state index >= 15 is 0 Å². The number of carbonyl (C=O) groups is 2. The van der Waals surface area contributed by atoms with Gasteiger partial charge >= 0.3 is 12.0 Å². The maximum absolute atomic E-state index is 12.4. The van der Waals surface area contributed by atoms with Crippen molar-refractivity contribution in [3.63, 3.8) is 0 Å². The number of hydrogen-bond acceptors (Lipinski definition) is 2. The zero-order chi connectivity index (χ0) is 17.0. The number of amides is 2. The molecular weight excluding hydrogens is 316 g/mol. The molecule has 1 unspecified atom stereocenters. The van der Waals surface area contributed by atoms with E-state index in [0.29, 0.717) is 30.7 Å². The number of nitrogens with zero attached hydrogens (tertiary/aromatic N) is 1. The van der Waals surface area contributed by atoms with Gasteiger partial charge < -0.3 is 15.3 Å². The van der Waals surface area contributed by atoms with Gasteiger partial charge in [0.05, 0.1) is 12.0 Å². The second-order valence-electron chi connectivity index (χ2n) is 6.17. The molecule has 0 radical (unpaired) electrons. The molecule has 1 aliphatic rings. The number of aliphatic carboxylic acids is 1. The van der Waals surface area contributed by atoms with Crippen LogP contribution in [0.4, 0.5) is 4.79 Å². The quantitative estimate of drug-likeness (QED) is 0.879. The van der Waals surface area contributed by atoms with Gasteiger partial charge in [0.15, 0.2) is 0 Å². The SMILES string of the molecule is CC(c1ccc(Cl)cc1)N(C)C(=O)NC1CCC(C(=O)O)CC1. The molecule has 0 aromatic heterocycles. The van der Waals surface area contributed by atoms with Gasteiger partial charge in [-0.25, -0.2) is 4.79 Å². The highest BCUT2D eigenvalue weighted by molar-refractivity contribution is 6.30. The Bertz CT molecular complexity index is 553. The van der Waals surface area contributed by atoms with E-state index in [4.69, 9.17) is 16.7 Å². The normalized spacial score (nSPS) is 22.2. The van der Waals surface area contributed by atoms with Crippen LogP contribution in [0, 0.1) is 5.92 Å². The molecule has 23 heavy (non-hydrogen) atoms. The molecule has 1 aromatic carbocycles. The van der Waals surface area contributed by atoms with Crippen LogP contribution in [0.15, 0.2) is 24.3 Å². The summed E-state index contributed by atoms with van der Waals surface area (Å²) in [4.78, 5) is 25.0. The van der Waals surface area contributed by atoms with Crippen LogP contribution in [0.5, 0.6) is 0 Å². The summed E-state index contributed by atoms with van der Waals surface area (Å²) in [6, 6.07) is 7.30. The fourth-order valence-electron chi connectivity index (χ4n) is 2.90. The average Bonchev–Trinajstić information content (AvgIpc) is 2.54. The van der Waals surface area contributed by atoms with Gasteiger partial charge in [-0.2, -0.15) is 0 Å². The largest absolute Gasteiger partial charge is 0.481 e. The van der Waals surface area contributed by atoms with Crippen LogP contribution in [-0.2, 0) is 4.79 Å². The summed E-state index contributed by atoms with van der Waals surface area (Å²) >= 11 is 5.89. The Morgan fingerprint density at radius 3 is 2.30 bits per heavy atom. The minimum absolute atomic E-state index is 0.0537. The van der Waals surface area contributed by atoms with E-state index < -0.39 is 5.97 Å². The molecule has 2 amide bonds. The van der Waals surface area contributed by atoms with Crippen molar-refractivity contribution >= 4 is 23.6 Å². The number of rotatable bonds is 4. The lowest BCUT2D eigenvalue weighted by Gasteiger charge is -2.31. The predicted molar refractivity (Wildman–Crippen MR) is 89.5 cm³/mol. The monoisotopic (exact) mass is 338 g/mol. The van der Waals surface area contributed by atoms with E-state index in [1.165, 1.54) is 0 Å². The van der Waals surface area contributed by atoms with Gasteiger partial charge in [0.1, 0.15) is 0 Å². The highest BCUT2D eigenvalue weighted by Crippen LogP contribution is 2.25. The van der Waals surface area contributed by atoms with Crippen molar-refractivity contribution in [2.75, 3.05) is 7.05 Å². The number of carbonyl (C=O) groups excluding carboxylic acids is 1. The van der Waals surface area contributed by atoms with E-state index in [1.54, 1.807) is 11.9 Å². The summed E-state index contributed by atoms with van der Waals surface area (Å²) in [6.45, 7) is 1.96. The lowest BCUT2D eigenvalue weighted by atomic mass is 9.86. The van der Waals surface area contributed by atoms with Crippen molar-refractivity contribution in [2.24, 2.45) is 5.92 Å². The number of carboxylic acids is 1. The van der Waals surface area contributed by atoms with Crippen LogP contribution in [0.25, 0.3) is 0 Å². The van der Waals surface area contributed by atoms with Gasteiger partial charge in [-0.15, -0.1) is 0 Å². The molecule has 1 aromatic rings. The maximum atomic E-state index is 12.4. The lowest BCUT2D eigenvalue weighted by molar-refractivity contribution is -0.142. The second-order valence-corrected chi connectivity index (χ2v) is 6.61. The molecule has 1 saturated carbocycles. The van der Waals surface area contributed by atoms with Crippen LogP contribution >= 0.6 is 11.6 Å². The van der Waals surface area contributed by atoms with Crippen molar-refractivity contribution in [3.8, 4) is 0 Å². The molecule has 5 nitrogen and oxygen atoms in total. The summed E-state index contributed by atoms with van der Waals surface area (Å²) in [5.41, 5.74) is 1.02. The Balaban J connectivity index is 1.87. The van der Waals surface area contributed by atoms with E-state index in [2.05, 4.69) is 5.32 Å². The molecule has 126 valence electrons. The number of carboxylic acid groups (broad SMARTS) is 1. The van der Waals surface area contributed by atoms with Crippen LogP contribution < -0.4 is 5.32 Å². The first kappa shape index (κ1) is 17.6. The summed E-state index contributed by atoms with van der Waals surface area (Å²) in [5.74, 6) is -1.00. The Labute approximate surface area is 141 Å². The first-order valence-corrected chi connectivity index (χ1v) is 8.28. The molecular formula is C17H23ClN2O3. The molecule has 1 aliphatic carbocycles. The highest BCUT2D eigenvalue weighted by Gasteiger charge is 2.28. The molecule has 0 aliphatic heterocycles. The Morgan fingerprint density at radius 2 is 1.78 bits per heavy atom. The Hall–Kier alpha value is -1.75. The molecule has 0 spiro atoms. The van der Waals surface area contributed by atoms with Crippen LogP contribution in [0.1, 0.15) is 44.2 Å². The average molecular weight is 339 g/mol. The second kappa shape index (κ2) is 7.68. The molecule has 2 N–H and O–H groups in total. The lowest BCUT2D eigenvalue weighted by Crippen LogP contribution is -2.45. The van der Waals surface area contributed by atoms with Crippen LogP contribution in [0.3, 0.4) is 0 Å². The molecule has 1 fully saturated rings. The smallest absolute Gasteiger partial charge is 0.317 e. The number of hydrogen-bond donors (Lipinski definition) is 2. The minimum Gasteiger partial charge on any atom is -0.481 e. The van der Waals surface area contributed by atoms with Crippen molar-refractivity contribution < 1.29 is 14.7 Å². The first-order valence-electron chi connectivity index (χ1n) is 7.90. The van der Waals surface area contributed by atoms with Gasteiger partial charge in [0.2, 0.25) is 0 Å². The molecule has 0 bridgehead atoms. The van der Waals surface area contributed by atoms with Gasteiger partial charge in [0, 0.05) is 18.1 Å². The predicted octanol–water partition coefficient (Wildman–Crippen LogP) is 3.69. The minimum atomic E-state index is -0.733. The van der Waals surface area contributed by atoms with E-state index in [-0.39, 0.29) is 24.0 Å². The number of urea groups is 1. The standard InChI is InChI=1S/C17H23ClN2O3/c1-11(12-3-7-14(18)8-4-12)20(2)17(23)19-15-9-5-13(6-10-15)16(21)22/h3-4,7-8,11,13,15H,5-6,9-10H2,1-2H3,(H,19,23)(H,21,22). The van der Waals surface area contributed by atoms with E-state index in [0.717, 1.165) is 5.56 Å². The topological polar surface area (TPSA) is 69.6 Å². The van der Waals surface area contributed by atoms with Crippen molar-refractivity contribution in [1.29, 1.82) is 0 Å². The van der Waals surface area contributed by atoms with Crippen LogP contribution in [-0.4, -0.2) is 35.1 Å². The Morgan fingerprint density at radius 1 is 1.22 bits per heavy atom. The third-order valence-electron chi connectivity index (χ3n) is 4.66. The number of nitrogens with one attached hydrogen (secondary N) is 1. The van der Waals surface area contributed by atoms with Gasteiger partial charge in [-0.3, -0.25) is 4.79 Å². The molecule has 1 atom stereocenters. The first-order chi connectivity index (χ1) is 10.9. The van der Waals surface area contributed by atoms with Gasteiger partial charge in [-0.1, -0.05) is 23.7 Å².